The van der Waals surface area contributed by atoms with Crippen molar-refractivity contribution >= 4 is 74.7 Å². The smallest absolute Gasteiger partial charge is 0.132 e. The van der Waals surface area contributed by atoms with Crippen LogP contribution in [0.1, 0.15) is 0 Å². The van der Waals surface area contributed by atoms with Crippen LogP contribution in [0.25, 0.3) is 0 Å². The van der Waals surface area contributed by atoms with Crippen LogP contribution >= 0.6 is 69.0 Å². The summed E-state index contributed by atoms with van der Waals surface area (Å²) in [6, 6.07) is 7.34. The van der Waals surface area contributed by atoms with Gasteiger partial charge in [0.1, 0.15) is 23.2 Å². The standard InChI is InChI=1S/C12H14Cl4INO2/c13-5-9(19)11(15)18(12(16)10(20)6-14)8-3-1-7(17)2-4-8/h1-4,9-12,19-20H,5-6H2. The Balaban J connectivity index is 3.09. The summed E-state index contributed by atoms with van der Waals surface area (Å²) in [5, 5.41) is 19.7. The van der Waals surface area contributed by atoms with E-state index in [1.165, 1.54) is 4.90 Å². The van der Waals surface area contributed by atoms with Crippen molar-refractivity contribution in [2.75, 3.05) is 16.7 Å². The predicted molar refractivity (Wildman–Crippen MR) is 94.4 cm³/mol. The van der Waals surface area contributed by atoms with Crippen LogP contribution < -0.4 is 4.90 Å². The largest absolute Gasteiger partial charge is 0.388 e. The third-order valence-corrected chi connectivity index (χ3v) is 4.96. The normalized spacial score (nSPS) is 17.4. The van der Waals surface area contributed by atoms with E-state index in [2.05, 4.69) is 22.6 Å². The van der Waals surface area contributed by atoms with Crippen molar-refractivity contribution in [1.29, 1.82) is 0 Å². The second kappa shape index (κ2) is 9.08. The molecule has 0 fully saturated rings. The number of hydrogen-bond donors (Lipinski definition) is 2. The van der Waals surface area contributed by atoms with Gasteiger partial charge in [-0.15, -0.1) is 23.2 Å². The van der Waals surface area contributed by atoms with Gasteiger partial charge in [-0.1, -0.05) is 23.2 Å². The lowest BCUT2D eigenvalue weighted by Gasteiger charge is -2.37. The number of halogens is 5. The average molecular weight is 473 g/mol. The molecule has 20 heavy (non-hydrogen) atoms. The van der Waals surface area contributed by atoms with Crippen LogP contribution in [-0.2, 0) is 0 Å². The Kier molecular flexibility index (Phi) is 8.57. The number of benzene rings is 1. The fraction of sp³-hybridized carbons (Fsp3) is 0.500. The van der Waals surface area contributed by atoms with Crippen LogP contribution in [0.3, 0.4) is 0 Å². The summed E-state index contributed by atoms with van der Waals surface area (Å²) in [7, 11) is 0. The van der Waals surface area contributed by atoms with E-state index in [1.807, 2.05) is 12.1 Å². The van der Waals surface area contributed by atoms with Crippen LogP contribution in [0.15, 0.2) is 24.3 Å². The number of hydrogen-bond acceptors (Lipinski definition) is 3. The Labute approximate surface area is 151 Å². The van der Waals surface area contributed by atoms with Gasteiger partial charge in [0.15, 0.2) is 0 Å². The molecule has 3 nitrogen and oxygen atoms in total. The van der Waals surface area contributed by atoms with Crippen molar-refractivity contribution in [3.05, 3.63) is 27.8 Å². The van der Waals surface area contributed by atoms with Crippen LogP contribution in [0.5, 0.6) is 0 Å². The first-order valence-corrected chi connectivity index (χ1v) is 8.74. The molecule has 0 aromatic heterocycles. The minimum absolute atomic E-state index is 0.0460. The minimum Gasteiger partial charge on any atom is -0.388 e. The second-order valence-electron chi connectivity index (χ2n) is 4.07. The summed E-state index contributed by atoms with van der Waals surface area (Å²) < 4.78 is 1.04. The molecule has 4 unspecified atom stereocenters. The molecule has 0 radical (unpaired) electrons. The molecule has 0 aliphatic carbocycles. The molecule has 8 heteroatoms. The predicted octanol–water partition coefficient (Wildman–Crippen LogP) is 3.43. The first kappa shape index (κ1) is 18.9. The van der Waals surface area contributed by atoms with E-state index >= 15 is 0 Å². The summed E-state index contributed by atoms with van der Waals surface area (Å²) in [5.74, 6) is -0.0920. The summed E-state index contributed by atoms with van der Waals surface area (Å²) >= 11 is 25.9. The molecule has 1 aromatic carbocycles. The lowest BCUT2D eigenvalue weighted by Crippen LogP contribution is -2.49. The van der Waals surface area contributed by atoms with E-state index in [0.29, 0.717) is 5.69 Å². The number of rotatable bonds is 7. The highest BCUT2D eigenvalue weighted by Gasteiger charge is 2.32. The Bertz CT molecular complexity index is 393. The third kappa shape index (κ3) is 4.93. The molecule has 0 saturated heterocycles. The van der Waals surface area contributed by atoms with Crippen molar-refractivity contribution in [3.63, 3.8) is 0 Å². The molecule has 0 bridgehead atoms. The molecular formula is C12H14Cl4INO2. The van der Waals surface area contributed by atoms with Gasteiger partial charge in [-0.3, -0.25) is 0 Å². The minimum atomic E-state index is -0.999. The van der Waals surface area contributed by atoms with E-state index < -0.39 is 23.2 Å². The molecule has 0 heterocycles. The zero-order valence-corrected chi connectivity index (χ0v) is 15.4. The van der Waals surface area contributed by atoms with Crippen molar-refractivity contribution < 1.29 is 10.2 Å². The van der Waals surface area contributed by atoms with E-state index in [0.717, 1.165) is 3.57 Å². The summed E-state index contributed by atoms with van der Waals surface area (Å²) in [4.78, 5) is 1.50. The summed E-state index contributed by atoms with van der Waals surface area (Å²) in [6.45, 7) is 0. The van der Waals surface area contributed by atoms with Gasteiger partial charge in [0, 0.05) is 9.26 Å². The summed E-state index contributed by atoms with van der Waals surface area (Å²) in [6.07, 6.45) is -2.00. The number of anilines is 1. The highest BCUT2D eigenvalue weighted by atomic mass is 127. The fourth-order valence-electron chi connectivity index (χ4n) is 1.55. The van der Waals surface area contributed by atoms with Crippen LogP contribution in [-0.4, -0.2) is 45.2 Å². The van der Waals surface area contributed by atoms with E-state index in [1.54, 1.807) is 12.1 Å². The Hall–Kier alpha value is 0.830. The van der Waals surface area contributed by atoms with Gasteiger partial charge < -0.3 is 15.1 Å². The first-order valence-electron chi connectivity index (χ1n) is 5.72. The lowest BCUT2D eigenvalue weighted by atomic mass is 10.2. The molecule has 0 amide bonds. The summed E-state index contributed by atoms with van der Waals surface area (Å²) in [5.41, 5.74) is -1.10. The Morgan fingerprint density at radius 3 is 1.70 bits per heavy atom. The quantitative estimate of drug-likeness (QED) is 0.363. The third-order valence-electron chi connectivity index (χ3n) is 2.61. The molecule has 0 spiro atoms. The van der Waals surface area contributed by atoms with Gasteiger partial charge >= 0.3 is 0 Å². The van der Waals surface area contributed by atoms with Gasteiger partial charge in [-0.2, -0.15) is 0 Å². The average Bonchev–Trinajstić information content (AvgIpc) is 2.47. The molecule has 114 valence electrons. The van der Waals surface area contributed by atoms with Crippen LogP contribution in [0.4, 0.5) is 5.69 Å². The monoisotopic (exact) mass is 471 g/mol. The van der Waals surface area contributed by atoms with Gasteiger partial charge in [0.05, 0.1) is 11.8 Å². The molecule has 2 N–H and O–H groups in total. The SMILES string of the molecule is OC(CCl)C(Cl)N(c1ccc(I)cc1)C(Cl)C(O)CCl. The molecule has 4 atom stereocenters. The highest BCUT2D eigenvalue weighted by Crippen LogP contribution is 2.28. The number of alkyl halides is 4. The molecule has 0 aliphatic rings. The fourth-order valence-corrected chi connectivity index (χ4v) is 3.14. The number of nitrogens with zero attached hydrogens (tertiary/aromatic N) is 1. The van der Waals surface area contributed by atoms with Gasteiger partial charge in [0.2, 0.25) is 0 Å². The number of aliphatic hydroxyl groups is 2. The van der Waals surface area contributed by atoms with Crippen molar-refractivity contribution in [2.24, 2.45) is 0 Å². The van der Waals surface area contributed by atoms with E-state index in [-0.39, 0.29) is 11.8 Å². The molecular weight excluding hydrogens is 459 g/mol. The van der Waals surface area contributed by atoms with Crippen LogP contribution in [0.2, 0.25) is 0 Å². The topological polar surface area (TPSA) is 43.7 Å². The van der Waals surface area contributed by atoms with Crippen molar-refractivity contribution in [2.45, 2.75) is 23.2 Å². The molecule has 0 aliphatic heterocycles. The van der Waals surface area contributed by atoms with Crippen LogP contribution in [0, 0.1) is 3.57 Å². The molecule has 1 aromatic rings. The Morgan fingerprint density at radius 1 is 0.950 bits per heavy atom. The second-order valence-corrected chi connectivity index (χ2v) is 6.83. The molecule has 1 rings (SSSR count). The van der Waals surface area contributed by atoms with Crippen molar-refractivity contribution in [1.82, 2.24) is 0 Å². The molecule has 0 saturated carbocycles. The van der Waals surface area contributed by atoms with Crippen molar-refractivity contribution in [3.8, 4) is 0 Å². The maximum absolute atomic E-state index is 9.84. The maximum atomic E-state index is 9.84. The first-order chi connectivity index (χ1) is 9.42. The number of aliphatic hydroxyl groups excluding tert-OH is 2. The lowest BCUT2D eigenvalue weighted by molar-refractivity contribution is 0.163. The van der Waals surface area contributed by atoms with E-state index in [4.69, 9.17) is 46.4 Å². The van der Waals surface area contributed by atoms with E-state index in [9.17, 15) is 10.2 Å². The van der Waals surface area contributed by atoms with Gasteiger partial charge in [-0.25, -0.2) is 0 Å². The maximum Gasteiger partial charge on any atom is 0.132 e. The van der Waals surface area contributed by atoms with Gasteiger partial charge in [0.25, 0.3) is 0 Å². The zero-order chi connectivity index (χ0) is 15.3. The Morgan fingerprint density at radius 2 is 1.35 bits per heavy atom. The van der Waals surface area contributed by atoms with Gasteiger partial charge in [-0.05, 0) is 46.9 Å². The highest BCUT2D eigenvalue weighted by molar-refractivity contribution is 14.1. The zero-order valence-electron chi connectivity index (χ0n) is 10.3.